The van der Waals surface area contributed by atoms with E-state index in [9.17, 15) is 4.79 Å². The first kappa shape index (κ1) is 23.7. The van der Waals surface area contributed by atoms with Crippen LogP contribution in [0.4, 0.5) is 0 Å². The van der Waals surface area contributed by atoms with Crippen molar-refractivity contribution in [2.24, 2.45) is 5.92 Å². The molecule has 0 bridgehead atoms. The van der Waals surface area contributed by atoms with E-state index in [4.69, 9.17) is 9.47 Å². The summed E-state index contributed by atoms with van der Waals surface area (Å²) in [4.78, 5) is 26.2. The van der Waals surface area contributed by atoms with Crippen molar-refractivity contribution in [1.29, 1.82) is 0 Å². The van der Waals surface area contributed by atoms with Gasteiger partial charge in [-0.2, -0.15) is 0 Å². The highest BCUT2D eigenvalue weighted by atomic mass is 16.5. The summed E-state index contributed by atoms with van der Waals surface area (Å²) in [6.07, 6.45) is 9.37. The number of nitrogens with zero attached hydrogens (tertiary/aromatic N) is 5. The van der Waals surface area contributed by atoms with E-state index in [1.165, 1.54) is 0 Å². The summed E-state index contributed by atoms with van der Waals surface area (Å²) >= 11 is 0. The molecular formula is C27H33N5O3. The topological polar surface area (TPSA) is 72.7 Å². The zero-order valence-corrected chi connectivity index (χ0v) is 20.0. The Hall–Kier alpha value is -3.07. The Balaban J connectivity index is 1.31. The molecule has 0 N–H and O–H groups in total. The molecular weight excluding hydrogens is 442 g/mol. The number of amides is 1. The number of rotatable bonds is 8. The van der Waals surface area contributed by atoms with Crippen LogP contribution in [0.15, 0.2) is 67.3 Å². The number of pyridine rings is 2. The summed E-state index contributed by atoms with van der Waals surface area (Å²) in [5.41, 5.74) is 3.03. The van der Waals surface area contributed by atoms with Gasteiger partial charge in [0.2, 0.25) is 5.91 Å². The van der Waals surface area contributed by atoms with Gasteiger partial charge in [-0.3, -0.25) is 19.7 Å². The van der Waals surface area contributed by atoms with E-state index in [0.29, 0.717) is 38.7 Å². The van der Waals surface area contributed by atoms with Crippen LogP contribution in [0.1, 0.15) is 24.2 Å². The van der Waals surface area contributed by atoms with E-state index in [1.807, 2.05) is 53.7 Å². The molecule has 8 heteroatoms. The second-order valence-electron chi connectivity index (χ2n) is 9.36. The van der Waals surface area contributed by atoms with Gasteiger partial charge in [0.15, 0.2) is 0 Å². The van der Waals surface area contributed by atoms with Crippen LogP contribution in [0.2, 0.25) is 0 Å². The van der Waals surface area contributed by atoms with E-state index < -0.39 is 0 Å². The van der Waals surface area contributed by atoms with Gasteiger partial charge < -0.3 is 18.9 Å². The molecule has 0 saturated carbocycles. The van der Waals surface area contributed by atoms with E-state index in [1.54, 1.807) is 12.4 Å². The minimum absolute atomic E-state index is 0.0925. The number of hydrogen-bond donors (Lipinski definition) is 0. The Morgan fingerprint density at radius 3 is 2.74 bits per heavy atom. The number of ether oxygens (including phenoxy) is 2. The molecule has 5 rings (SSSR count). The van der Waals surface area contributed by atoms with Gasteiger partial charge in [0, 0.05) is 63.7 Å². The monoisotopic (exact) mass is 475 g/mol. The van der Waals surface area contributed by atoms with Crippen LogP contribution in [0, 0.1) is 5.92 Å². The molecule has 1 atom stereocenters. The Morgan fingerprint density at radius 2 is 1.94 bits per heavy atom. The predicted octanol–water partition coefficient (Wildman–Crippen LogP) is 2.92. The van der Waals surface area contributed by atoms with E-state index in [-0.39, 0.29) is 12.0 Å². The normalized spacial score (nSPS) is 20.2. The Labute approximate surface area is 206 Å². The van der Waals surface area contributed by atoms with Gasteiger partial charge in [-0.15, -0.1) is 0 Å². The zero-order valence-electron chi connectivity index (χ0n) is 20.0. The van der Waals surface area contributed by atoms with Gasteiger partial charge in [-0.05, 0) is 55.2 Å². The predicted molar refractivity (Wildman–Crippen MR) is 132 cm³/mol. The maximum atomic E-state index is 13.4. The molecule has 2 aliphatic rings. The highest BCUT2D eigenvalue weighted by Gasteiger charge is 2.31. The van der Waals surface area contributed by atoms with Gasteiger partial charge in [0.25, 0.3) is 0 Å². The maximum absolute atomic E-state index is 13.4. The number of carbonyl (C=O) groups excluding carboxylic acids is 1. The van der Waals surface area contributed by atoms with Gasteiger partial charge in [0.05, 0.1) is 36.8 Å². The van der Waals surface area contributed by atoms with Gasteiger partial charge in [0.1, 0.15) is 0 Å². The van der Waals surface area contributed by atoms with Crippen LogP contribution in [0.25, 0.3) is 5.69 Å². The number of aromatic nitrogens is 3. The standard InChI is InChI=1S/C27H33N5O3/c33-27-20-30(17-25-7-4-12-32(25)24-6-3-10-28-15-24)18-26(35-21-23-5-1-2-11-29-23)19-31(27)16-22-8-13-34-14-9-22/h1-7,10-12,15,22,26H,8-9,13-14,16-21H2. The first-order valence-corrected chi connectivity index (χ1v) is 12.4. The fraction of sp³-hybridized carbons (Fsp3) is 0.444. The molecule has 3 aromatic rings. The molecule has 3 aromatic heterocycles. The Bertz CT molecular complexity index is 1070. The van der Waals surface area contributed by atoms with Gasteiger partial charge in [-0.1, -0.05) is 6.07 Å². The van der Waals surface area contributed by atoms with Crippen LogP contribution in [0.3, 0.4) is 0 Å². The lowest BCUT2D eigenvalue weighted by Crippen LogP contribution is -2.42. The summed E-state index contributed by atoms with van der Waals surface area (Å²) in [5.74, 6) is 0.651. The third-order valence-electron chi connectivity index (χ3n) is 6.75. The molecule has 8 nitrogen and oxygen atoms in total. The summed E-state index contributed by atoms with van der Waals surface area (Å²) in [5, 5.41) is 0. The summed E-state index contributed by atoms with van der Waals surface area (Å²) in [6, 6.07) is 14.0. The molecule has 2 aliphatic heterocycles. The fourth-order valence-electron chi connectivity index (χ4n) is 4.90. The summed E-state index contributed by atoms with van der Waals surface area (Å²) < 4.78 is 14.0. The van der Waals surface area contributed by atoms with Crippen molar-refractivity contribution >= 4 is 5.91 Å². The highest BCUT2D eigenvalue weighted by Crippen LogP contribution is 2.20. The molecule has 1 unspecified atom stereocenters. The van der Waals surface area contributed by atoms with Crippen LogP contribution < -0.4 is 0 Å². The maximum Gasteiger partial charge on any atom is 0.236 e. The van der Waals surface area contributed by atoms with E-state index in [2.05, 4.69) is 25.5 Å². The van der Waals surface area contributed by atoms with Crippen LogP contribution in [-0.4, -0.2) is 75.7 Å². The molecule has 184 valence electrons. The van der Waals surface area contributed by atoms with Crippen molar-refractivity contribution in [1.82, 2.24) is 24.3 Å². The van der Waals surface area contributed by atoms with E-state index in [0.717, 1.165) is 49.7 Å². The Morgan fingerprint density at radius 1 is 1.03 bits per heavy atom. The average Bonchev–Trinajstić information content (AvgIpc) is 3.30. The Kier molecular flexibility index (Phi) is 7.82. The summed E-state index contributed by atoms with van der Waals surface area (Å²) in [6.45, 7) is 5.08. The van der Waals surface area contributed by atoms with E-state index >= 15 is 0 Å². The van der Waals surface area contributed by atoms with Crippen molar-refractivity contribution in [3.63, 3.8) is 0 Å². The lowest BCUT2D eigenvalue weighted by atomic mass is 9.99. The smallest absolute Gasteiger partial charge is 0.236 e. The molecule has 2 fully saturated rings. The van der Waals surface area contributed by atoms with Crippen molar-refractivity contribution in [2.45, 2.75) is 32.1 Å². The molecule has 2 saturated heterocycles. The fourth-order valence-corrected chi connectivity index (χ4v) is 4.90. The van der Waals surface area contributed by atoms with Crippen LogP contribution in [0.5, 0.6) is 0 Å². The molecule has 0 radical (unpaired) electrons. The first-order valence-electron chi connectivity index (χ1n) is 12.4. The largest absolute Gasteiger partial charge is 0.381 e. The van der Waals surface area contributed by atoms with Gasteiger partial charge in [-0.25, -0.2) is 0 Å². The quantitative estimate of drug-likeness (QED) is 0.499. The second-order valence-corrected chi connectivity index (χ2v) is 9.36. The molecule has 0 aromatic carbocycles. The highest BCUT2D eigenvalue weighted by molar-refractivity contribution is 5.78. The molecule has 0 aliphatic carbocycles. The SMILES string of the molecule is O=C1CN(Cc2cccn2-c2cccnc2)CC(OCc2ccccn2)CN1CC1CCOCC1. The molecule has 1 amide bonds. The third kappa shape index (κ3) is 6.33. The minimum atomic E-state index is -0.0925. The number of hydrogen-bond acceptors (Lipinski definition) is 6. The first-order chi connectivity index (χ1) is 17.2. The third-order valence-corrected chi connectivity index (χ3v) is 6.75. The molecule has 5 heterocycles. The van der Waals surface area contributed by atoms with Gasteiger partial charge >= 0.3 is 0 Å². The zero-order chi connectivity index (χ0) is 23.9. The van der Waals surface area contributed by atoms with Crippen molar-refractivity contribution < 1.29 is 14.3 Å². The van der Waals surface area contributed by atoms with Crippen molar-refractivity contribution in [2.75, 3.05) is 39.4 Å². The van der Waals surface area contributed by atoms with Crippen LogP contribution >= 0.6 is 0 Å². The van der Waals surface area contributed by atoms with Crippen LogP contribution in [-0.2, 0) is 27.4 Å². The average molecular weight is 476 g/mol. The lowest BCUT2D eigenvalue weighted by molar-refractivity contribution is -0.133. The molecule has 0 spiro atoms. The summed E-state index contributed by atoms with van der Waals surface area (Å²) in [7, 11) is 0. The second kappa shape index (κ2) is 11.6. The number of carbonyl (C=O) groups is 1. The lowest BCUT2D eigenvalue weighted by Gasteiger charge is -2.30. The molecule has 35 heavy (non-hydrogen) atoms. The van der Waals surface area contributed by atoms with Crippen molar-refractivity contribution in [3.05, 3.63) is 78.6 Å². The van der Waals surface area contributed by atoms with Crippen molar-refractivity contribution in [3.8, 4) is 5.69 Å². The minimum Gasteiger partial charge on any atom is -0.381 e.